The Hall–Kier alpha value is -1.66. The van der Waals surface area contributed by atoms with Gasteiger partial charge < -0.3 is 5.11 Å². The Morgan fingerprint density at radius 2 is 2.25 bits per heavy atom. The first-order chi connectivity index (χ1) is 9.51. The average Bonchev–Trinajstić information content (AvgIpc) is 2.80. The van der Waals surface area contributed by atoms with Gasteiger partial charge in [-0.3, -0.25) is 9.55 Å². The van der Waals surface area contributed by atoms with Crippen molar-refractivity contribution in [1.29, 1.82) is 0 Å². The van der Waals surface area contributed by atoms with Crippen LogP contribution in [0.4, 0.5) is 0 Å². The minimum absolute atomic E-state index is 0.551. The highest BCUT2D eigenvalue weighted by Gasteiger charge is 2.18. The summed E-state index contributed by atoms with van der Waals surface area (Å²) in [7, 11) is 0. The molecule has 6 heteroatoms. The van der Waals surface area contributed by atoms with Gasteiger partial charge in [0.25, 0.3) is 0 Å². The molecular weight excluding hydrogens is 272 g/mol. The first-order valence-electron chi connectivity index (χ1n) is 6.31. The SMILES string of the molecule is C=CCn1c(SCC(C)(C)O)nnc1-c1cccnc1. The number of aliphatic hydroxyl groups is 1. The Bertz CT molecular complexity index is 575. The van der Waals surface area contributed by atoms with Crippen molar-refractivity contribution in [1.82, 2.24) is 19.7 Å². The van der Waals surface area contributed by atoms with Crippen LogP contribution >= 0.6 is 11.8 Å². The number of allylic oxidation sites excluding steroid dienone is 1. The second-order valence-electron chi connectivity index (χ2n) is 5.05. The lowest BCUT2D eigenvalue weighted by Gasteiger charge is -2.16. The molecule has 0 aliphatic rings. The Kier molecular flexibility index (Phi) is 4.57. The van der Waals surface area contributed by atoms with E-state index in [2.05, 4.69) is 21.8 Å². The number of hydrogen-bond donors (Lipinski definition) is 1. The molecule has 0 saturated carbocycles. The van der Waals surface area contributed by atoms with E-state index in [1.807, 2.05) is 16.7 Å². The fraction of sp³-hybridized carbons (Fsp3) is 0.357. The van der Waals surface area contributed by atoms with Crippen LogP contribution in [-0.2, 0) is 6.54 Å². The lowest BCUT2D eigenvalue weighted by atomic mass is 10.2. The van der Waals surface area contributed by atoms with Crippen molar-refractivity contribution in [3.05, 3.63) is 37.2 Å². The maximum absolute atomic E-state index is 9.82. The van der Waals surface area contributed by atoms with Gasteiger partial charge in [-0.25, -0.2) is 0 Å². The van der Waals surface area contributed by atoms with Crippen molar-refractivity contribution in [2.24, 2.45) is 0 Å². The first-order valence-corrected chi connectivity index (χ1v) is 7.29. The van der Waals surface area contributed by atoms with Gasteiger partial charge in [0.15, 0.2) is 11.0 Å². The number of hydrogen-bond acceptors (Lipinski definition) is 5. The van der Waals surface area contributed by atoms with E-state index >= 15 is 0 Å². The van der Waals surface area contributed by atoms with Crippen molar-refractivity contribution >= 4 is 11.8 Å². The molecule has 0 atom stereocenters. The summed E-state index contributed by atoms with van der Waals surface area (Å²) in [6.07, 6.45) is 5.28. The molecule has 0 aromatic carbocycles. The molecule has 5 nitrogen and oxygen atoms in total. The van der Waals surface area contributed by atoms with Crippen molar-refractivity contribution in [2.45, 2.75) is 31.1 Å². The predicted octanol–water partition coefficient (Wildman–Crippen LogP) is 2.39. The van der Waals surface area contributed by atoms with E-state index in [1.54, 1.807) is 32.3 Å². The molecule has 0 aliphatic carbocycles. The standard InChI is InChI=1S/C14H18N4OS/c1-4-8-18-12(11-6-5-7-15-9-11)16-17-13(18)20-10-14(2,3)19/h4-7,9,19H,1,8,10H2,2-3H3. The van der Waals surface area contributed by atoms with Gasteiger partial charge in [-0.05, 0) is 26.0 Å². The lowest BCUT2D eigenvalue weighted by Crippen LogP contribution is -2.22. The Morgan fingerprint density at radius 3 is 2.85 bits per heavy atom. The van der Waals surface area contributed by atoms with E-state index in [4.69, 9.17) is 0 Å². The molecule has 2 heterocycles. The molecule has 2 rings (SSSR count). The molecule has 20 heavy (non-hydrogen) atoms. The summed E-state index contributed by atoms with van der Waals surface area (Å²) < 4.78 is 1.97. The zero-order valence-electron chi connectivity index (χ0n) is 11.7. The largest absolute Gasteiger partial charge is 0.390 e. The molecule has 1 N–H and O–H groups in total. The van der Waals surface area contributed by atoms with Crippen molar-refractivity contribution in [3.8, 4) is 11.4 Å². The summed E-state index contributed by atoms with van der Waals surface area (Å²) in [5.41, 5.74) is 0.168. The van der Waals surface area contributed by atoms with Crippen LogP contribution in [0.5, 0.6) is 0 Å². The molecule has 2 aromatic rings. The van der Waals surface area contributed by atoms with Crippen LogP contribution < -0.4 is 0 Å². The summed E-state index contributed by atoms with van der Waals surface area (Å²) in [6.45, 7) is 7.93. The van der Waals surface area contributed by atoms with E-state index in [0.717, 1.165) is 16.5 Å². The van der Waals surface area contributed by atoms with Gasteiger partial charge in [0.1, 0.15) is 0 Å². The molecule has 0 fully saturated rings. The first kappa shape index (κ1) is 14.7. The highest BCUT2D eigenvalue weighted by Crippen LogP contribution is 2.25. The molecule has 106 valence electrons. The van der Waals surface area contributed by atoms with Crippen LogP contribution in [0.1, 0.15) is 13.8 Å². The third-order valence-corrected chi connectivity index (χ3v) is 3.91. The van der Waals surface area contributed by atoms with Gasteiger partial charge >= 0.3 is 0 Å². The number of nitrogens with zero attached hydrogens (tertiary/aromatic N) is 4. The van der Waals surface area contributed by atoms with Crippen molar-refractivity contribution < 1.29 is 5.11 Å². The van der Waals surface area contributed by atoms with E-state index in [0.29, 0.717) is 12.3 Å². The number of pyridine rings is 1. The number of thioether (sulfide) groups is 1. The number of aromatic nitrogens is 4. The van der Waals surface area contributed by atoms with Gasteiger partial charge in [-0.15, -0.1) is 16.8 Å². The molecule has 0 unspecified atom stereocenters. The smallest absolute Gasteiger partial charge is 0.191 e. The normalized spacial score (nSPS) is 11.6. The van der Waals surface area contributed by atoms with Gasteiger partial charge in [0, 0.05) is 30.3 Å². The Balaban J connectivity index is 2.30. The summed E-state index contributed by atoms with van der Waals surface area (Å²) >= 11 is 1.48. The summed E-state index contributed by atoms with van der Waals surface area (Å²) in [4.78, 5) is 4.10. The summed E-state index contributed by atoms with van der Waals surface area (Å²) in [5, 5.41) is 19.0. The average molecular weight is 290 g/mol. The van der Waals surface area contributed by atoms with Crippen molar-refractivity contribution in [2.75, 3.05) is 5.75 Å². The van der Waals surface area contributed by atoms with Crippen molar-refractivity contribution in [3.63, 3.8) is 0 Å². The van der Waals surface area contributed by atoms with Crippen LogP contribution in [0.25, 0.3) is 11.4 Å². The highest BCUT2D eigenvalue weighted by atomic mass is 32.2. The minimum Gasteiger partial charge on any atom is -0.390 e. The van der Waals surface area contributed by atoms with E-state index in [1.165, 1.54) is 11.8 Å². The van der Waals surface area contributed by atoms with E-state index < -0.39 is 5.60 Å². The molecular formula is C14H18N4OS. The molecule has 0 amide bonds. The number of rotatable bonds is 6. The molecule has 0 saturated heterocycles. The molecule has 0 radical (unpaired) electrons. The third-order valence-electron chi connectivity index (χ3n) is 2.50. The third kappa shape index (κ3) is 3.68. The summed E-state index contributed by atoms with van der Waals surface area (Å²) in [6, 6.07) is 3.81. The van der Waals surface area contributed by atoms with Crippen LogP contribution in [0.3, 0.4) is 0 Å². The van der Waals surface area contributed by atoms with Crippen LogP contribution in [-0.4, -0.2) is 36.2 Å². The van der Waals surface area contributed by atoms with E-state index in [-0.39, 0.29) is 0 Å². The van der Waals surface area contributed by atoms with Crippen LogP contribution in [0.15, 0.2) is 42.3 Å². The highest BCUT2D eigenvalue weighted by molar-refractivity contribution is 7.99. The predicted molar refractivity (Wildman–Crippen MR) is 80.5 cm³/mol. The van der Waals surface area contributed by atoms with Gasteiger partial charge in [-0.1, -0.05) is 17.8 Å². The quantitative estimate of drug-likeness (QED) is 0.653. The molecule has 0 bridgehead atoms. The zero-order chi connectivity index (χ0) is 14.6. The Morgan fingerprint density at radius 1 is 1.45 bits per heavy atom. The fourth-order valence-corrected chi connectivity index (χ4v) is 2.54. The van der Waals surface area contributed by atoms with Gasteiger partial charge in [0.2, 0.25) is 0 Å². The zero-order valence-corrected chi connectivity index (χ0v) is 12.5. The molecule has 2 aromatic heterocycles. The maximum Gasteiger partial charge on any atom is 0.191 e. The van der Waals surface area contributed by atoms with E-state index in [9.17, 15) is 5.11 Å². The second-order valence-corrected chi connectivity index (χ2v) is 5.99. The maximum atomic E-state index is 9.82. The Labute approximate surface area is 122 Å². The van der Waals surface area contributed by atoms with Crippen LogP contribution in [0.2, 0.25) is 0 Å². The van der Waals surface area contributed by atoms with Crippen LogP contribution in [0, 0.1) is 0 Å². The topological polar surface area (TPSA) is 63.8 Å². The molecule has 0 aliphatic heterocycles. The van der Waals surface area contributed by atoms with Gasteiger partial charge in [0.05, 0.1) is 5.60 Å². The fourth-order valence-electron chi connectivity index (χ4n) is 1.64. The monoisotopic (exact) mass is 290 g/mol. The minimum atomic E-state index is -0.746. The molecule has 0 spiro atoms. The second kappa shape index (κ2) is 6.19. The van der Waals surface area contributed by atoms with Gasteiger partial charge in [-0.2, -0.15) is 0 Å². The lowest BCUT2D eigenvalue weighted by molar-refractivity contribution is 0.107. The summed E-state index contributed by atoms with van der Waals surface area (Å²) in [5.74, 6) is 1.31.